The smallest absolute Gasteiger partial charge is 0.406 e. The van der Waals surface area contributed by atoms with E-state index in [1.54, 1.807) is 4.90 Å². The maximum atomic E-state index is 12.4. The number of halogens is 3. The van der Waals surface area contributed by atoms with Gasteiger partial charge in [-0.2, -0.15) is 0 Å². The van der Waals surface area contributed by atoms with Crippen molar-refractivity contribution in [3.63, 3.8) is 0 Å². The van der Waals surface area contributed by atoms with Gasteiger partial charge in [-0.1, -0.05) is 17.7 Å². The minimum absolute atomic E-state index is 0.273. The predicted octanol–water partition coefficient (Wildman–Crippen LogP) is 4.56. The Balaban J connectivity index is 1.54. The van der Waals surface area contributed by atoms with Crippen molar-refractivity contribution >= 4 is 17.4 Å². The minimum Gasteiger partial charge on any atom is -0.406 e. The Morgan fingerprint density at radius 3 is 2.21 bits per heavy atom. The summed E-state index contributed by atoms with van der Waals surface area (Å²) in [5.74, 6) is -0.326. The summed E-state index contributed by atoms with van der Waals surface area (Å²) in [6.45, 7) is 6.70. The molecule has 2 aromatic rings. The molecule has 0 atom stereocenters. The third kappa shape index (κ3) is 5.09. The number of ether oxygens (including phenoxy) is 1. The van der Waals surface area contributed by atoms with Crippen LogP contribution in [0.2, 0.25) is 0 Å². The summed E-state index contributed by atoms with van der Waals surface area (Å²) in [5, 5.41) is 2.71. The van der Waals surface area contributed by atoms with Gasteiger partial charge in [-0.05, 0) is 49.7 Å². The highest BCUT2D eigenvalue weighted by atomic mass is 19.4. The van der Waals surface area contributed by atoms with E-state index in [-0.39, 0.29) is 11.8 Å². The zero-order chi connectivity index (χ0) is 20.3. The van der Waals surface area contributed by atoms with E-state index >= 15 is 0 Å². The Kier molecular flexibility index (Phi) is 5.67. The standard InChI is InChI=1S/C20H22F3N3O2/c1-14-3-8-18(15(2)13-14)25-9-11-26(12-10-25)19(27)24-16-4-6-17(7-5-16)28-20(21,22)23/h3-8,13H,9-12H2,1-2H3,(H,24,27). The Bertz CT molecular complexity index is 830. The number of aryl methyl sites for hydroxylation is 2. The summed E-state index contributed by atoms with van der Waals surface area (Å²) >= 11 is 0. The zero-order valence-electron chi connectivity index (χ0n) is 15.7. The van der Waals surface area contributed by atoms with Crippen LogP contribution in [0.1, 0.15) is 11.1 Å². The molecule has 0 spiro atoms. The van der Waals surface area contributed by atoms with Crippen molar-refractivity contribution in [1.29, 1.82) is 0 Å². The first-order chi connectivity index (χ1) is 13.2. The van der Waals surface area contributed by atoms with E-state index in [4.69, 9.17) is 0 Å². The summed E-state index contributed by atoms with van der Waals surface area (Å²) in [4.78, 5) is 16.4. The van der Waals surface area contributed by atoms with Crippen LogP contribution >= 0.6 is 0 Å². The number of amides is 2. The SMILES string of the molecule is Cc1ccc(N2CCN(C(=O)Nc3ccc(OC(F)(F)F)cc3)CC2)c(C)c1. The number of carbonyl (C=O) groups excluding carboxylic acids is 1. The highest BCUT2D eigenvalue weighted by molar-refractivity contribution is 5.89. The summed E-state index contributed by atoms with van der Waals surface area (Å²) in [6, 6.07) is 11.1. The number of nitrogens with one attached hydrogen (secondary N) is 1. The van der Waals surface area contributed by atoms with Crippen LogP contribution in [0.15, 0.2) is 42.5 Å². The number of benzene rings is 2. The van der Waals surface area contributed by atoms with Crippen molar-refractivity contribution in [2.45, 2.75) is 20.2 Å². The molecule has 1 fully saturated rings. The largest absolute Gasteiger partial charge is 0.573 e. The Labute approximate surface area is 161 Å². The summed E-state index contributed by atoms with van der Waals surface area (Å²) in [7, 11) is 0. The molecule has 1 N–H and O–H groups in total. The molecule has 0 radical (unpaired) electrons. The molecule has 0 aromatic heterocycles. The van der Waals surface area contributed by atoms with Gasteiger partial charge in [-0.15, -0.1) is 13.2 Å². The van der Waals surface area contributed by atoms with E-state index < -0.39 is 6.36 Å². The minimum atomic E-state index is -4.74. The van der Waals surface area contributed by atoms with Crippen LogP contribution in [0.5, 0.6) is 5.75 Å². The molecule has 1 aliphatic rings. The molecule has 1 saturated heterocycles. The number of hydrogen-bond acceptors (Lipinski definition) is 3. The molecule has 28 heavy (non-hydrogen) atoms. The van der Waals surface area contributed by atoms with Gasteiger partial charge in [0.15, 0.2) is 0 Å². The molecule has 0 aliphatic carbocycles. The molecule has 1 aliphatic heterocycles. The lowest BCUT2D eigenvalue weighted by molar-refractivity contribution is -0.274. The molecule has 0 unspecified atom stereocenters. The number of urea groups is 1. The second kappa shape index (κ2) is 8.00. The second-order valence-corrected chi connectivity index (χ2v) is 6.77. The van der Waals surface area contributed by atoms with Crippen LogP contribution in [-0.2, 0) is 0 Å². The van der Waals surface area contributed by atoms with E-state index in [1.807, 2.05) is 0 Å². The Hall–Kier alpha value is -2.90. The van der Waals surface area contributed by atoms with Gasteiger partial charge in [-0.25, -0.2) is 4.79 Å². The first-order valence-corrected chi connectivity index (χ1v) is 8.95. The van der Waals surface area contributed by atoms with E-state index in [1.165, 1.54) is 41.1 Å². The number of carbonyl (C=O) groups is 1. The monoisotopic (exact) mass is 393 g/mol. The van der Waals surface area contributed by atoms with Crippen LogP contribution in [0.25, 0.3) is 0 Å². The predicted molar refractivity (Wildman–Crippen MR) is 102 cm³/mol. The fourth-order valence-corrected chi connectivity index (χ4v) is 3.25. The van der Waals surface area contributed by atoms with Crippen molar-refractivity contribution in [1.82, 2.24) is 4.90 Å². The van der Waals surface area contributed by atoms with Crippen molar-refractivity contribution in [3.8, 4) is 5.75 Å². The van der Waals surface area contributed by atoms with Gasteiger partial charge < -0.3 is 19.9 Å². The molecule has 2 aromatic carbocycles. The lowest BCUT2D eigenvalue weighted by Gasteiger charge is -2.36. The number of rotatable bonds is 3. The third-order valence-corrected chi connectivity index (χ3v) is 4.60. The first kappa shape index (κ1) is 19.9. The maximum absolute atomic E-state index is 12.4. The van der Waals surface area contributed by atoms with Crippen LogP contribution in [0, 0.1) is 13.8 Å². The average molecular weight is 393 g/mol. The quantitative estimate of drug-likeness (QED) is 0.832. The molecular weight excluding hydrogens is 371 g/mol. The molecular formula is C20H22F3N3O2. The highest BCUT2D eigenvalue weighted by Crippen LogP contribution is 2.25. The van der Waals surface area contributed by atoms with Crippen LogP contribution < -0.4 is 15.0 Å². The molecule has 0 saturated carbocycles. The number of piperazine rings is 1. The fraction of sp³-hybridized carbons (Fsp3) is 0.350. The molecule has 150 valence electrons. The first-order valence-electron chi connectivity index (χ1n) is 8.95. The third-order valence-electron chi connectivity index (χ3n) is 4.60. The molecule has 0 bridgehead atoms. The second-order valence-electron chi connectivity index (χ2n) is 6.77. The molecule has 2 amide bonds. The lowest BCUT2D eigenvalue weighted by Crippen LogP contribution is -2.50. The number of anilines is 2. The van der Waals surface area contributed by atoms with E-state index in [0.29, 0.717) is 18.8 Å². The maximum Gasteiger partial charge on any atom is 0.573 e. The van der Waals surface area contributed by atoms with E-state index in [2.05, 4.69) is 47.0 Å². The summed E-state index contributed by atoms with van der Waals surface area (Å²) in [5.41, 5.74) is 4.01. The van der Waals surface area contributed by atoms with Crippen molar-refractivity contribution < 1.29 is 22.7 Å². The van der Waals surface area contributed by atoms with Gasteiger partial charge in [0.05, 0.1) is 0 Å². The van der Waals surface area contributed by atoms with Crippen LogP contribution in [0.4, 0.5) is 29.3 Å². The van der Waals surface area contributed by atoms with Gasteiger partial charge in [0.2, 0.25) is 0 Å². The Morgan fingerprint density at radius 2 is 1.64 bits per heavy atom. The molecule has 5 nitrogen and oxygen atoms in total. The normalized spacial score (nSPS) is 14.8. The lowest BCUT2D eigenvalue weighted by atomic mass is 10.1. The average Bonchev–Trinajstić information content (AvgIpc) is 2.62. The highest BCUT2D eigenvalue weighted by Gasteiger charge is 2.31. The topological polar surface area (TPSA) is 44.8 Å². The Morgan fingerprint density at radius 1 is 1.00 bits per heavy atom. The number of hydrogen-bond donors (Lipinski definition) is 1. The van der Waals surface area contributed by atoms with Crippen molar-refractivity contribution in [2.24, 2.45) is 0 Å². The molecule has 3 rings (SSSR count). The van der Waals surface area contributed by atoms with Gasteiger partial charge in [0, 0.05) is 37.6 Å². The van der Waals surface area contributed by atoms with Crippen LogP contribution in [0.3, 0.4) is 0 Å². The molecule has 1 heterocycles. The number of nitrogens with zero attached hydrogens (tertiary/aromatic N) is 2. The van der Waals surface area contributed by atoms with Gasteiger partial charge in [-0.3, -0.25) is 0 Å². The van der Waals surface area contributed by atoms with Gasteiger partial charge in [0.25, 0.3) is 0 Å². The summed E-state index contributed by atoms with van der Waals surface area (Å²) < 4.78 is 40.4. The van der Waals surface area contributed by atoms with E-state index in [9.17, 15) is 18.0 Å². The molecule has 8 heteroatoms. The summed E-state index contributed by atoms with van der Waals surface area (Å²) in [6.07, 6.45) is -4.74. The van der Waals surface area contributed by atoms with E-state index in [0.717, 1.165) is 13.1 Å². The van der Waals surface area contributed by atoms with Gasteiger partial charge >= 0.3 is 12.4 Å². The fourth-order valence-electron chi connectivity index (χ4n) is 3.25. The zero-order valence-corrected chi connectivity index (χ0v) is 15.7. The van der Waals surface area contributed by atoms with Crippen molar-refractivity contribution in [3.05, 3.63) is 53.6 Å². The van der Waals surface area contributed by atoms with Crippen molar-refractivity contribution in [2.75, 3.05) is 36.4 Å². The number of alkyl halides is 3. The van der Waals surface area contributed by atoms with Gasteiger partial charge in [0.1, 0.15) is 5.75 Å². The van der Waals surface area contributed by atoms with Crippen LogP contribution in [-0.4, -0.2) is 43.5 Å².